The van der Waals surface area contributed by atoms with Crippen LogP contribution in [-0.2, 0) is 5.41 Å². The maximum Gasteiger partial charge on any atom is 0.0714 e. The van der Waals surface area contributed by atoms with Crippen LogP contribution < -0.4 is 4.90 Å². The van der Waals surface area contributed by atoms with Crippen LogP contribution in [0.1, 0.15) is 22.3 Å². The maximum atomic E-state index is 2.49. The summed E-state index contributed by atoms with van der Waals surface area (Å²) in [6.45, 7) is 0. The third-order valence-electron chi connectivity index (χ3n) is 11.4. The average Bonchev–Trinajstić information content (AvgIpc) is 3.58. The summed E-state index contributed by atoms with van der Waals surface area (Å²) in [4.78, 5) is 2.45. The molecule has 10 rings (SSSR count). The van der Waals surface area contributed by atoms with Gasteiger partial charge in [0.1, 0.15) is 0 Å². The van der Waals surface area contributed by atoms with E-state index in [0.717, 1.165) is 17.1 Å². The summed E-state index contributed by atoms with van der Waals surface area (Å²) < 4.78 is 0. The molecule has 0 amide bonds. The zero-order valence-corrected chi connectivity index (χ0v) is 31.0. The van der Waals surface area contributed by atoms with Gasteiger partial charge in [-0.05, 0) is 97.6 Å². The Morgan fingerprint density at radius 1 is 0.268 bits per heavy atom. The minimum absolute atomic E-state index is 0.529. The van der Waals surface area contributed by atoms with E-state index in [1.165, 1.54) is 66.8 Å². The van der Waals surface area contributed by atoms with Gasteiger partial charge in [0.2, 0.25) is 0 Å². The number of nitrogens with zero attached hydrogens (tertiary/aromatic N) is 1. The van der Waals surface area contributed by atoms with E-state index in [9.17, 15) is 0 Å². The van der Waals surface area contributed by atoms with E-state index >= 15 is 0 Å². The largest absolute Gasteiger partial charge is 0.310 e. The standard InChI is InChI=1S/C55H39N/c1-6-18-40(19-7-1)42-30-34-47(35-31-42)56(48-36-32-43(33-37-48)41-20-8-2-9-21-41)54-39-53-51(38-50(54)44-22-10-3-11-23-44)49-28-16-17-29-52(49)55(53,45-24-12-4-13-25-45)46-26-14-5-15-27-46/h1-39H. The Morgan fingerprint density at radius 3 is 1.14 bits per heavy atom. The Balaban J connectivity index is 1.27. The summed E-state index contributed by atoms with van der Waals surface area (Å²) in [5, 5.41) is 0. The number of rotatable bonds is 8. The molecule has 9 aromatic rings. The summed E-state index contributed by atoms with van der Waals surface area (Å²) >= 11 is 0. The van der Waals surface area contributed by atoms with Gasteiger partial charge in [-0.2, -0.15) is 0 Å². The first-order chi connectivity index (χ1) is 27.8. The van der Waals surface area contributed by atoms with Crippen molar-refractivity contribution in [2.24, 2.45) is 0 Å². The lowest BCUT2D eigenvalue weighted by atomic mass is 9.67. The first-order valence-electron chi connectivity index (χ1n) is 19.3. The number of fused-ring (bicyclic) bond motifs is 3. The van der Waals surface area contributed by atoms with Crippen molar-refractivity contribution < 1.29 is 0 Å². The Bertz CT molecular complexity index is 2620. The van der Waals surface area contributed by atoms with Crippen LogP contribution in [-0.4, -0.2) is 0 Å². The first kappa shape index (κ1) is 33.4. The van der Waals surface area contributed by atoms with Gasteiger partial charge < -0.3 is 4.90 Å². The van der Waals surface area contributed by atoms with Gasteiger partial charge >= 0.3 is 0 Å². The lowest BCUT2D eigenvalue weighted by Crippen LogP contribution is -2.28. The van der Waals surface area contributed by atoms with E-state index in [2.05, 4.69) is 241 Å². The van der Waals surface area contributed by atoms with Gasteiger partial charge in [0.05, 0.1) is 11.1 Å². The summed E-state index contributed by atoms with van der Waals surface area (Å²) in [7, 11) is 0. The second-order valence-corrected chi connectivity index (χ2v) is 14.5. The Hall–Kier alpha value is -7.22. The van der Waals surface area contributed by atoms with Crippen molar-refractivity contribution >= 4 is 17.1 Å². The van der Waals surface area contributed by atoms with Crippen molar-refractivity contribution in [3.8, 4) is 44.5 Å². The molecule has 264 valence electrons. The molecule has 56 heavy (non-hydrogen) atoms. The van der Waals surface area contributed by atoms with Crippen molar-refractivity contribution in [2.75, 3.05) is 4.90 Å². The highest BCUT2D eigenvalue weighted by atomic mass is 15.1. The van der Waals surface area contributed by atoms with E-state index in [4.69, 9.17) is 0 Å². The molecule has 0 bridgehead atoms. The lowest BCUT2D eigenvalue weighted by molar-refractivity contribution is 0.768. The number of hydrogen-bond acceptors (Lipinski definition) is 1. The molecule has 1 nitrogen and oxygen atoms in total. The van der Waals surface area contributed by atoms with Crippen molar-refractivity contribution in [1.29, 1.82) is 0 Å². The van der Waals surface area contributed by atoms with Crippen molar-refractivity contribution in [3.63, 3.8) is 0 Å². The van der Waals surface area contributed by atoms with Crippen LogP contribution in [0.3, 0.4) is 0 Å². The third-order valence-corrected chi connectivity index (χ3v) is 11.4. The fourth-order valence-electron chi connectivity index (χ4n) is 8.80. The van der Waals surface area contributed by atoms with E-state index in [1.807, 2.05) is 0 Å². The summed E-state index contributed by atoms with van der Waals surface area (Å²) in [5.74, 6) is 0. The Morgan fingerprint density at radius 2 is 0.661 bits per heavy atom. The molecule has 0 radical (unpaired) electrons. The molecule has 0 fully saturated rings. The molecule has 1 aliphatic rings. The van der Waals surface area contributed by atoms with Gasteiger partial charge in [0.25, 0.3) is 0 Å². The van der Waals surface area contributed by atoms with Gasteiger partial charge in [-0.1, -0.05) is 200 Å². The molecule has 0 aliphatic heterocycles. The maximum absolute atomic E-state index is 2.49. The normalized spacial score (nSPS) is 12.4. The fourth-order valence-corrected chi connectivity index (χ4v) is 8.80. The molecule has 0 heterocycles. The molecule has 0 saturated carbocycles. The highest BCUT2D eigenvalue weighted by molar-refractivity contribution is 5.97. The van der Waals surface area contributed by atoms with Crippen molar-refractivity contribution in [1.82, 2.24) is 0 Å². The highest BCUT2D eigenvalue weighted by Crippen LogP contribution is 2.58. The van der Waals surface area contributed by atoms with Crippen LogP contribution in [0.25, 0.3) is 44.5 Å². The zero-order valence-electron chi connectivity index (χ0n) is 31.0. The molecular weight excluding hydrogens is 675 g/mol. The summed E-state index contributed by atoms with van der Waals surface area (Å²) in [6, 6.07) is 86.3. The molecule has 0 saturated heterocycles. The molecule has 0 aromatic heterocycles. The van der Waals surface area contributed by atoms with Gasteiger partial charge in [-0.3, -0.25) is 0 Å². The van der Waals surface area contributed by atoms with Gasteiger partial charge in [0.15, 0.2) is 0 Å². The van der Waals surface area contributed by atoms with Crippen LogP contribution >= 0.6 is 0 Å². The minimum Gasteiger partial charge on any atom is -0.310 e. The molecule has 0 atom stereocenters. The van der Waals surface area contributed by atoms with Gasteiger partial charge in [-0.15, -0.1) is 0 Å². The van der Waals surface area contributed by atoms with Crippen molar-refractivity contribution in [2.45, 2.75) is 5.41 Å². The van der Waals surface area contributed by atoms with E-state index in [0.29, 0.717) is 0 Å². The second kappa shape index (κ2) is 14.2. The number of hydrogen-bond donors (Lipinski definition) is 0. The zero-order chi connectivity index (χ0) is 37.3. The van der Waals surface area contributed by atoms with E-state index < -0.39 is 5.41 Å². The van der Waals surface area contributed by atoms with Crippen LogP contribution in [0.5, 0.6) is 0 Å². The minimum atomic E-state index is -0.529. The molecule has 1 heteroatoms. The molecular formula is C55H39N. The van der Waals surface area contributed by atoms with E-state index in [1.54, 1.807) is 0 Å². The average molecular weight is 714 g/mol. The van der Waals surface area contributed by atoms with Crippen LogP contribution in [0.15, 0.2) is 237 Å². The van der Waals surface area contributed by atoms with Crippen LogP contribution in [0.4, 0.5) is 17.1 Å². The molecule has 0 spiro atoms. The molecule has 9 aromatic carbocycles. The smallest absolute Gasteiger partial charge is 0.0714 e. The molecule has 0 N–H and O–H groups in total. The van der Waals surface area contributed by atoms with Gasteiger partial charge in [0, 0.05) is 16.9 Å². The predicted octanol–water partition coefficient (Wildman–Crippen LogP) is 14.5. The number of anilines is 3. The van der Waals surface area contributed by atoms with E-state index in [-0.39, 0.29) is 0 Å². The SMILES string of the molecule is c1ccc(-c2ccc(N(c3ccc(-c4ccccc4)cc3)c3cc4c(cc3-c3ccccc3)-c3ccccc3C4(c3ccccc3)c3ccccc3)cc2)cc1. The van der Waals surface area contributed by atoms with Crippen molar-refractivity contribution in [3.05, 3.63) is 259 Å². The van der Waals surface area contributed by atoms with Crippen LogP contribution in [0, 0.1) is 0 Å². The molecule has 1 aliphatic carbocycles. The second-order valence-electron chi connectivity index (χ2n) is 14.5. The Labute approximate surface area is 329 Å². The summed E-state index contributed by atoms with van der Waals surface area (Å²) in [5.41, 5.74) is 17.5. The van der Waals surface area contributed by atoms with Crippen LogP contribution in [0.2, 0.25) is 0 Å². The number of benzene rings is 9. The lowest BCUT2D eigenvalue weighted by Gasteiger charge is -2.35. The monoisotopic (exact) mass is 713 g/mol. The quantitative estimate of drug-likeness (QED) is 0.152. The van der Waals surface area contributed by atoms with Gasteiger partial charge in [-0.25, -0.2) is 0 Å². The first-order valence-corrected chi connectivity index (χ1v) is 19.3. The predicted molar refractivity (Wildman–Crippen MR) is 235 cm³/mol. The topological polar surface area (TPSA) is 3.24 Å². The highest BCUT2D eigenvalue weighted by Gasteiger charge is 2.46. The summed E-state index contributed by atoms with van der Waals surface area (Å²) in [6.07, 6.45) is 0. The third kappa shape index (κ3) is 5.65. The Kier molecular flexibility index (Phi) is 8.46. The fraction of sp³-hybridized carbons (Fsp3) is 0.0182. The molecule has 0 unspecified atom stereocenters.